The van der Waals surface area contributed by atoms with Gasteiger partial charge in [0, 0.05) is 13.2 Å². The molecule has 1 unspecified atom stereocenters. The van der Waals surface area contributed by atoms with Crippen LogP contribution in [0.25, 0.3) is 0 Å². The van der Waals surface area contributed by atoms with E-state index in [0.717, 1.165) is 5.76 Å². The van der Waals surface area contributed by atoms with Crippen LogP contribution in [0.5, 0.6) is 0 Å². The first-order chi connectivity index (χ1) is 7.67. The molecule has 16 heavy (non-hydrogen) atoms. The predicted molar refractivity (Wildman–Crippen MR) is 60.8 cm³/mol. The summed E-state index contributed by atoms with van der Waals surface area (Å²) in [7, 11) is 1.69. The molecule has 1 aromatic rings. The molecule has 0 fully saturated rings. The van der Waals surface area contributed by atoms with Crippen LogP contribution in [0.15, 0.2) is 16.5 Å². The predicted octanol–water partition coefficient (Wildman–Crippen LogP) is 1.91. The molecule has 0 aliphatic heterocycles. The van der Waals surface area contributed by atoms with E-state index in [4.69, 9.17) is 14.4 Å². The molecule has 0 bridgehead atoms. The van der Waals surface area contributed by atoms with Crippen LogP contribution in [-0.4, -0.2) is 19.8 Å². The number of furan rings is 1. The Hall–Kier alpha value is -1.31. The molecule has 1 aromatic heterocycles. The molecular formula is C12H18N2O2. The second kappa shape index (κ2) is 6.31. The molecule has 4 heteroatoms. The van der Waals surface area contributed by atoms with Gasteiger partial charge in [0.1, 0.15) is 11.8 Å². The molecule has 0 saturated carbocycles. The summed E-state index contributed by atoms with van der Waals surface area (Å²) in [6, 6.07) is 5.75. The van der Waals surface area contributed by atoms with Crippen molar-refractivity contribution in [1.82, 2.24) is 5.32 Å². The standard InChI is InChI=1S/C12H18N2O2/c1-9(2)12(8-15-3)14-7-11-5-4-10(6-13)16-11/h4-5,9,12,14H,7-8H2,1-3H3. The largest absolute Gasteiger partial charge is 0.449 e. The van der Waals surface area contributed by atoms with Crippen molar-refractivity contribution < 1.29 is 9.15 Å². The van der Waals surface area contributed by atoms with E-state index in [1.54, 1.807) is 13.2 Å². The van der Waals surface area contributed by atoms with Gasteiger partial charge in [-0.25, -0.2) is 0 Å². The molecule has 0 amide bonds. The Balaban J connectivity index is 2.45. The van der Waals surface area contributed by atoms with Gasteiger partial charge < -0.3 is 14.5 Å². The van der Waals surface area contributed by atoms with E-state index in [0.29, 0.717) is 30.9 Å². The van der Waals surface area contributed by atoms with Crippen molar-refractivity contribution in [3.8, 4) is 6.07 Å². The Bertz CT molecular complexity index is 352. The van der Waals surface area contributed by atoms with Gasteiger partial charge in [-0.3, -0.25) is 0 Å². The number of hydrogen-bond donors (Lipinski definition) is 1. The van der Waals surface area contributed by atoms with Gasteiger partial charge in [0.25, 0.3) is 0 Å². The van der Waals surface area contributed by atoms with Gasteiger partial charge in [-0.15, -0.1) is 0 Å². The second-order valence-electron chi connectivity index (χ2n) is 4.06. The quantitative estimate of drug-likeness (QED) is 0.798. The van der Waals surface area contributed by atoms with Crippen LogP contribution >= 0.6 is 0 Å². The van der Waals surface area contributed by atoms with Crippen molar-refractivity contribution >= 4 is 0 Å². The normalized spacial score (nSPS) is 12.7. The van der Waals surface area contributed by atoms with Gasteiger partial charge in [0.05, 0.1) is 13.2 Å². The van der Waals surface area contributed by atoms with Gasteiger partial charge in [-0.2, -0.15) is 5.26 Å². The average molecular weight is 222 g/mol. The summed E-state index contributed by atoms with van der Waals surface area (Å²) in [6.07, 6.45) is 0. The molecule has 88 valence electrons. The summed E-state index contributed by atoms with van der Waals surface area (Å²) in [6.45, 7) is 5.57. The lowest BCUT2D eigenvalue weighted by Crippen LogP contribution is -2.37. The van der Waals surface area contributed by atoms with Crippen molar-refractivity contribution in [1.29, 1.82) is 5.26 Å². The molecule has 0 aliphatic rings. The lowest BCUT2D eigenvalue weighted by atomic mass is 10.1. The van der Waals surface area contributed by atoms with Crippen molar-refractivity contribution in [3.63, 3.8) is 0 Å². The second-order valence-corrected chi connectivity index (χ2v) is 4.06. The van der Waals surface area contributed by atoms with Crippen LogP contribution in [0, 0.1) is 17.2 Å². The smallest absolute Gasteiger partial charge is 0.203 e. The van der Waals surface area contributed by atoms with Gasteiger partial charge in [-0.1, -0.05) is 13.8 Å². The Kier molecular flexibility index (Phi) is 5.03. The Morgan fingerprint density at radius 3 is 2.75 bits per heavy atom. The minimum absolute atomic E-state index is 0.292. The minimum atomic E-state index is 0.292. The highest BCUT2D eigenvalue weighted by Crippen LogP contribution is 2.08. The van der Waals surface area contributed by atoms with Crippen LogP contribution in [-0.2, 0) is 11.3 Å². The highest BCUT2D eigenvalue weighted by Gasteiger charge is 2.13. The number of ether oxygens (including phenoxy) is 1. The third-order valence-electron chi connectivity index (χ3n) is 2.46. The molecule has 0 radical (unpaired) electrons. The van der Waals surface area contributed by atoms with Crippen molar-refractivity contribution in [2.24, 2.45) is 5.92 Å². The summed E-state index contributed by atoms with van der Waals surface area (Å²) < 4.78 is 10.4. The van der Waals surface area contributed by atoms with Crippen LogP contribution in [0.4, 0.5) is 0 Å². The fourth-order valence-corrected chi connectivity index (χ4v) is 1.43. The lowest BCUT2D eigenvalue weighted by Gasteiger charge is -2.20. The summed E-state index contributed by atoms with van der Waals surface area (Å²) in [5, 5.41) is 12.0. The molecule has 1 atom stereocenters. The highest BCUT2D eigenvalue weighted by atomic mass is 16.5. The number of nitrogens with one attached hydrogen (secondary N) is 1. The molecule has 1 heterocycles. The van der Waals surface area contributed by atoms with E-state index in [2.05, 4.69) is 19.2 Å². The molecule has 0 aliphatic carbocycles. The number of nitriles is 1. The Morgan fingerprint density at radius 1 is 1.50 bits per heavy atom. The van der Waals surface area contributed by atoms with E-state index < -0.39 is 0 Å². The first-order valence-electron chi connectivity index (χ1n) is 5.38. The summed E-state index contributed by atoms with van der Waals surface area (Å²) in [5.74, 6) is 1.62. The van der Waals surface area contributed by atoms with Gasteiger partial charge in [0.2, 0.25) is 5.76 Å². The van der Waals surface area contributed by atoms with Crippen molar-refractivity contribution in [3.05, 3.63) is 23.7 Å². The monoisotopic (exact) mass is 222 g/mol. The average Bonchev–Trinajstić information content (AvgIpc) is 2.71. The maximum Gasteiger partial charge on any atom is 0.203 e. The molecule has 0 aromatic carbocycles. The van der Waals surface area contributed by atoms with Crippen LogP contribution in [0.3, 0.4) is 0 Å². The first kappa shape index (κ1) is 12.8. The van der Waals surface area contributed by atoms with Gasteiger partial charge in [0.15, 0.2) is 0 Å². The highest BCUT2D eigenvalue weighted by molar-refractivity contribution is 5.18. The molecule has 0 spiro atoms. The van der Waals surface area contributed by atoms with E-state index in [1.807, 2.05) is 12.1 Å². The minimum Gasteiger partial charge on any atom is -0.449 e. The van der Waals surface area contributed by atoms with Gasteiger partial charge >= 0.3 is 0 Å². The molecule has 1 N–H and O–H groups in total. The maximum atomic E-state index is 8.62. The molecule has 0 saturated heterocycles. The molecule has 1 rings (SSSR count). The summed E-state index contributed by atoms with van der Waals surface area (Å²) >= 11 is 0. The van der Waals surface area contributed by atoms with Crippen molar-refractivity contribution in [2.45, 2.75) is 26.4 Å². The zero-order valence-corrected chi connectivity index (χ0v) is 9.99. The molecular weight excluding hydrogens is 204 g/mol. The topological polar surface area (TPSA) is 58.2 Å². The fraction of sp³-hybridized carbons (Fsp3) is 0.583. The number of nitrogens with zero attached hydrogens (tertiary/aromatic N) is 1. The van der Waals surface area contributed by atoms with E-state index >= 15 is 0 Å². The number of methoxy groups -OCH3 is 1. The van der Waals surface area contributed by atoms with Crippen LogP contribution < -0.4 is 5.32 Å². The zero-order chi connectivity index (χ0) is 12.0. The number of hydrogen-bond acceptors (Lipinski definition) is 4. The Labute approximate surface area is 96.2 Å². The van der Waals surface area contributed by atoms with E-state index in [-0.39, 0.29) is 0 Å². The maximum absolute atomic E-state index is 8.62. The third kappa shape index (κ3) is 3.69. The SMILES string of the molecule is COCC(NCc1ccc(C#N)o1)C(C)C. The first-order valence-corrected chi connectivity index (χ1v) is 5.38. The van der Waals surface area contributed by atoms with E-state index in [1.165, 1.54) is 0 Å². The zero-order valence-electron chi connectivity index (χ0n) is 9.99. The lowest BCUT2D eigenvalue weighted by molar-refractivity contribution is 0.145. The van der Waals surface area contributed by atoms with Gasteiger partial charge in [-0.05, 0) is 18.1 Å². The van der Waals surface area contributed by atoms with E-state index in [9.17, 15) is 0 Å². The van der Waals surface area contributed by atoms with Crippen LogP contribution in [0.1, 0.15) is 25.4 Å². The summed E-state index contributed by atoms with van der Waals surface area (Å²) in [5.41, 5.74) is 0. The van der Waals surface area contributed by atoms with Crippen LogP contribution in [0.2, 0.25) is 0 Å². The Morgan fingerprint density at radius 2 is 2.25 bits per heavy atom. The van der Waals surface area contributed by atoms with Crippen molar-refractivity contribution in [2.75, 3.05) is 13.7 Å². The number of rotatable bonds is 6. The fourth-order valence-electron chi connectivity index (χ4n) is 1.43. The molecule has 4 nitrogen and oxygen atoms in total. The third-order valence-corrected chi connectivity index (χ3v) is 2.46. The summed E-state index contributed by atoms with van der Waals surface area (Å²) in [4.78, 5) is 0.